The van der Waals surface area contributed by atoms with E-state index in [0.717, 1.165) is 12.8 Å². The fraction of sp³-hybridized carbons (Fsp3) is 0.931. The van der Waals surface area contributed by atoms with Gasteiger partial charge in [-0.15, -0.1) is 0 Å². The first kappa shape index (κ1) is 82.1. The second kappa shape index (κ2) is 51.7. The van der Waals surface area contributed by atoms with Crippen LogP contribution in [0.2, 0.25) is 24.2 Å². The molecule has 1 aliphatic heterocycles. The van der Waals surface area contributed by atoms with E-state index in [-0.39, 0.29) is 76.0 Å². The van der Waals surface area contributed by atoms with Crippen molar-refractivity contribution in [3.05, 3.63) is 0 Å². The normalized spacial score (nSPS) is 15.4. The average Bonchev–Trinajstić information content (AvgIpc) is 3.64. The Kier molecular flexibility index (Phi) is 49.4. The Balaban J connectivity index is 3.36. The van der Waals surface area contributed by atoms with Crippen LogP contribution in [0.3, 0.4) is 0 Å². The molecule has 1 saturated heterocycles. The highest BCUT2D eigenvalue weighted by molar-refractivity contribution is 6.61. The summed E-state index contributed by atoms with van der Waals surface area (Å²) in [5.74, 6) is -1.15. The lowest BCUT2D eigenvalue weighted by Gasteiger charge is -2.32. The van der Waals surface area contributed by atoms with E-state index >= 15 is 0 Å². The molecule has 1 heterocycles. The molecule has 0 atom stereocenters. The highest BCUT2D eigenvalue weighted by atomic mass is 28.4. The van der Waals surface area contributed by atoms with Gasteiger partial charge in [-0.25, -0.2) is 0 Å². The molecule has 0 amide bonds. The van der Waals surface area contributed by atoms with Crippen molar-refractivity contribution in [1.82, 2.24) is 19.6 Å². The van der Waals surface area contributed by atoms with Crippen molar-refractivity contribution in [2.45, 2.75) is 171 Å². The summed E-state index contributed by atoms with van der Waals surface area (Å²) >= 11 is 0. The molecular weight excluding hydrogens is 1180 g/mol. The Morgan fingerprint density at radius 2 is 0.430 bits per heavy atom. The van der Waals surface area contributed by atoms with Crippen LogP contribution in [0.1, 0.15) is 147 Å². The van der Waals surface area contributed by atoms with E-state index in [1.165, 1.54) is 0 Å². The van der Waals surface area contributed by atoms with Crippen LogP contribution in [0.25, 0.3) is 0 Å². The molecule has 1 fully saturated rings. The van der Waals surface area contributed by atoms with E-state index in [4.69, 9.17) is 72.1 Å². The van der Waals surface area contributed by atoms with E-state index < -0.39 is 35.2 Å². The van der Waals surface area contributed by atoms with Gasteiger partial charge in [0.05, 0.1) is 52.1 Å². The largest absolute Gasteiger partial charge is 0.501 e. The summed E-state index contributed by atoms with van der Waals surface area (Å²) in [5, 5.41) is 0. The summed E-state index contributed by atoms with van der Waals surface area (Å²) in [6.07, 6.45) is 4.52. The maximum Gasteiger partial charge on any atom is 0.501 e. The SMILES string of the molecule is CCO[Si](CCCOC(=O)CCN1CCCN(CCC(=O)OCCC[Si](OCC)(OCC)OCC)CCN(CCC(=O)OCCC[Si](OCC)(OCC)OCC)CCCN(CCC(=O)OCCC[Si](OCC)(OCC)OCC)CC1)(OCC)OCC. The van der Waals surface area contributed by atoms with Crippen LogP contribution in [0.4, 0.5) is 0 Å². The van der Waals surface area contributed by atoms with Gasteiger partial charge >= 0.3 is 59.1 Å². The van der Waals surface area contributed by atoms with Crippen molar-refractivity contribution in [1.29, 1.82) is 0 Å². The van der Waals surface area contributed by atoms with Crippen molar-refractivity contribution in [3.63, 3.8) is 0 Å². The van der Waals surface area contributed by atoms with Gasteiger partial charge in [0.15, 0.2) is 0 Å². The molecule has 508 valence electrons. The van der Waals surface area contributed by atoms with Gasteiger partial charge in [0.25, 0.3) is 0 Å². The van der Waals surface area contributed by atoms with E-state index in [2.05, 4.69) is 19.6 Å². The van der Waals surface area contributed by atoms with Crippen LogP contribution in [-0.4, -0.2) is 263 Å². The number of esters is 4. The lowest BCUT2D eigenvalue weighted by atomic mass is 10.2. The zero-order valence-electron chi connectivity index (χ0n) is 55.7. The van der Waals surface area contributed by atoms with Gasteiger partial charge in [-0.1, -0.05) is 0 Å². The minimum atomic E-state index is -2.88. The molecule has 1 rings (SSSR count). The molecule has 0 aromatic heterocycles. The van der Waals surface area contributed by atoms with E-state index in [9.17, 15) is 19.2 Å². The van der Waals surface area contributed by atoms with Crippen molar-refractivity contribution >= 4 is 59.1 Å². The molecule has 0 radical (unpaired) electrons. The summed E-state index contributed by atoms with van der Waals surface area (Å²) in [5.41, 5.74) is 0. The second-order valence-corrected chi connectivity index (χ2v) is 31.2. The smallest absolute Gasteiger partial charge is 0.466 e. The van der Waals surface area contributed by atoms with Crippen LogP contribution >= 0.6 is 0 Å². The Labute approximate surface area is 523 Å². The standard InChI is InChI=1S/C58H120N4O20Si4/c1-13-71-83(72-14-2,73-15-3)51-27-47-67-55(63)31-39-59-35-25-36-61(41-33-57(65)69-49-29-53-85(77-19-7,78-20-8)79-21-9)45-46-62(42-34-58(66)70-50-30-54-86(80-22-10,81-23-11)82-24-12)38-26-37-60(44-43-59)40-32-56(64)68-48-28-52-84(74-16-4,75-17-5)76-18-6/h13-54H2,1-12H3. The number of carbonyl (C=O) groups excluding carboxylic acids is 4. The Bertz CT molecular complexity index is 1410. The molecule has 28 heteroatoms. The summed E-state index contributed by atoms with van der Waals surface area (Å²) < 4.78 is 95.1. The molecule has 0 bridgehead atoms. The molecule has 0 aromatic rings. The van der Waals surface area contributed by atoms with Crippen molar-refractivity contribution in [2.24, 2.45) is 0 Å². The van der Waals surface area contributed by atoms with Gasteiger partial charge in [0, 0.05) is 156 Å². The maximum absolute atomic E-state index is 13.4. The van der Waals surface area contributed by atoms with Gasteiger partial charge in [-0.2, -0.15) is 0 Å². The molecular formula is C58H120N4O20Si4. The van der Waals surface area contributed by atoms with Crippen LogP contribution in [0.15, 0.2) is 0 Å². The summed E-state index contributed by atoms with van der Waals surface area (Å²) in [4.78, 5) is 62.5. The van der Waals surface area contributed by atoms with E-state index in [1.54, 1.807) is 0 Å². The van der Waals surface area contributed by atoms with Crippen LogP contribution < -0.4 is 0 Å². The summed E-state index contributed by atoms with van der Waals surface area (Å²) in [7, 11) is -11.5. The van der Waals surface area contributed by atoms with Gasteiger partial charge in [0.2, 0.25) is 0 Å². The quantitative estimate of drug-likeness (QED) is 0.0249. The van der Waals surface area contributed by atoms with Crippen molar-refractivity contribution in [2.75, 3.05) is 184 Å². The van der Waals surface area contributed by atoms with Crippen molar-refractivity contribution < 1.29 is 91.2 Å². The third-order valence-electron chi connectivity index (χ3n) is 13.8. The Morgan fingerprint density at radius 1 is 0.267 bits per heavy atom. The molecule has 0 aliphatic carbocycles. The third kappa shape index (κ3) is 37.4. The van der Waals surface area contributed by atoms with E-state index in [0.29, 0.717) is 208 Å². The van der Waals surface area contributed by atoms with Crippen LogP contribution in [0.5, 0.6) is 0 Å². The predicted molar refractivity (Wildman–Crippen MR) is 338 cm³/mol. The first-order chi connectivity index (χ1) is 41.6. The zero-order chi connectivity index (χ0) is 63.6. The average molecular weight is 1310 g/mol. The molecule has 0 saturated carbocycles. The van der Waals surface area contributed by atoms with Gasteiger partial charge in [-0.3, -0.25) is 19.2 Å². The highest BCUT2D eigenvalue weighted by Gasteiger charge is 2.43. The van der Waals surface area contributed by atoms with Crippen LogP contribution in [-0.2, 0) is 91.2 Å². The van der Waals surface area contributed by atoms with Crippen molar-refractivity contribution in [3.8, 4) is 0 Å². The van der Waals surface area contributed by atoms with Crippen LogP contribution in [0, 0.1) is 0 Å². The fourth-order valence-corrected chi connectivity index (χ4v) is 20.5. The van der Waals surface area contributed by atoms with Gasteiger partial charge in [-0.05, 0) is 148 Å². The summed E-state index contributed by atoms with van der Waals surface area (Å²) in [6.45, 7) is 36.8. The lowest BCUT2D eigenvalue weighted by molar-refractivity contribution is -0.145. The number of hydrogen-bond donors (Lipinski definition) is 0. The molecule has 0 aromatic carbocycles. The minimum Gasteiger partial charge on any atom is -0.466 e. The maximum atomic E-state index is 13.4. The molecule has 0 N–H and O–H groups in total. The van der Waals surface area contributed by atoms with Gasteiger partial charge in [0.1, 0.15) is 0 Å². The number of rotatable bonds is 52. The van der Waals surface area contributed by atoms with Gasteiger partial charge < -0.3 is 91.7 Å². The Morgan fingerprint density at radius 3 is 0.581 bits per heavy atom. The predicted octanol–water partition coefficient (Wildman–Crippen LogP) is 7.48. The second-order valence-electron chi connectivity index (χ2n) is 20.3. The fourth-order valence-electron chi connectivity index (χ4n) is 10.1. The molecule has 86 heavy (non-hydrogen) atoms. The molecule has 1 aliphatic rings. The van der Waals surface area contributed by atoms with E-state index in [1.807, 2.05) is 83.1 Å². The lowest BCUT2D eigenvalue weighted by Crippen LogP contribution is -2.46. The monoisotopic (exact) mass is 1300 g/mol. The molecule has 24 nitrogen and oxygen atoms in total. The first-order valence-corrected chi connectivity index (χ1v) is 40.5. The Hall–Kier alpha value is -1.89. The third-order valence-corrected chi connectivity index (χ3v) is 26.4. The number of carbonyl (C=O) groups is 4. The number of ether oxygens (including phenoxy) is 4. The first-order valence-electron chi connectivity index (χ1n) is 32.8. The number of nitrogens with zero attached hydrogens (tertiary/aromatic N) is 4. The minimum absolute atomic E-state index is 0.198. The molecule has 0 unspecified atom stereocenters. The molecule has 0 spiro atoms. The highest BCUT2D eigenvalue weighted by Crippen LogP contribution is 2.22. The topological polar surface area (TPSA) is 229 Å². The number of hydrogen-bond acceptors (Lipinski definition) is 24. The summed E-state index contributed by atoms with van der Waals surface area (Å²) in [6, 6.07) is 2.18. The zero-order valence-corrected chi connectivity index (χ0v) is 59.7.